The predicted molar refractivity (Wildman–Crippen MR) is 152 cm³/mol. The zero-order valence-corrected chi connectivity index (χ0v) is 23.4. The molecule has 0 heterocycles. The van der Waals surface area contributed by atoms with Crippen molar-refractivity contribution in [1.29, 1.82) is 0 Å². The van der Waals surface area contributed by atoms with Crippen LogP contribution in [-0.4, -0.2) is 47.0 Å². The van der Waals surface area contributed by atoms with Crippen molar-refractivity contribution in [3.05, 3.63) is 60.7 Å². The molecule has 38 heavy (non-hydrogen) atoms. The summed E-state index contributed by atoms with van der Waals surface area (Å²) in [6.07, 6.45) is 0. The van der Waals surface area contributed by atoms with Crippen LogP contribution in [0.25, 0.3) is 10.8 Å². The summed E-state index contributed by atoms with van der Waals surface area (Å²) >= 11 is 0. The van der Waals surface area contributed by atoms with Crippen LogP contribution < -0.4 is 20.7 Å². The predicted octanol–water partition coefficient (Wildman–Crippen LogP) is 4.20. The second-order valence-electron chi connectivity index (χ2n) is 10.4. The standard InChI is InChI=1S/C28H36N4O5S/c1-18(2)25(29)26(33)37-17-28(3,4)27(34)30-19-13-15-20(16-14-19)31-38(35,36)24-12-8-9-21-22(24)10-7-11-23(21)32(5)6/h7-16,18,25,31H,17,29H2,1-6H3,(H,30,34)/t25-/m0/s1. The highest BCUT2D eigenvalue weighted by atomic mass is 32.2. The molecular formula is C28H36N4O5S. The molecule has 204 valence electrons. The van der Waals surface area contributed by atoms with Crippen molar-refractivity contribution >= 4 is 49.7 Å². The van der Waals surface area contributed by atoms with Gasteiger partial charge in [-0.3, -0.25) is 14.3 Å². The molecule has 0 aliphatic rings. The number of nitrogens with zero attached hydrogens (tertiary/aromatic N) is 1. The van der Waals surface area contributed by atoms with E-state index in [4.69, 9.17) is 10.5 Å². The molecular weight excluding hydrogens is 504 g/mol. The molecule has 1 atom stereocenters. The SMILES string of the molecule is CC(C)[C@H](N)C(=O)OCC(C)(C)C(=O)Nc1ccc(NS(=O)(=O)c2cccc3c(N(C)C)cccc23)cc1. The Hall–Kier alpha value is -3.63. The number of rotatable bonds is 10. The van der Waals surface area contributed by atoms with Gasteiger partial charge < -0.3 is 20.7 Å². The molecule has 9 nitrogen and oxygen atoms in total. The van der Waals surface area contributed by atoms with Crippen molar-refractivity contribution in [3.63, 3.8) is 0 Å². The topological polar surface area (TPSA) is 131 Å². The van der Waals surface area contributed by atoms with Gasteiger partial charge in [-0.05, 0) is 56.2 Å². The fraction of sp³-hybridized carbons (Fsp3) is 0.357. The number of anilines is 3. The molecule has 0 aliphatic heterocycles. The summed E-state index contributed by atoms with van der Waals surface area (Å²) in [7, 11) is -0.0704. The minimum Gasteiger partial charge on any atom is -0.463 e. The Kier molecular flexibility index (Phi) is 8.68. The summed E-state index contributed by atoms with van der Waals surface area (Å²) in [5.41, 5.74) is 6.53. The summed E-state index contributed by atoms with van der Waals surface area (Å²) < 4.78 is 34.4. The van der Waals surface area contributed by atoms with Gasteiger partial charge in [-0.15, -0.1) is 0 Å². The normalized spacial score (nSPS) is 12.7. The van der Waals surface area contributed by atoms with E-state index in [1.165, 1.54) is 0 Å². The third-order valence-corrected chi connectivity index (χ3v) is 7.65. The molecule has 0 aliphatic carbocycles. The number of sulfonamides is 1. The van der Waals surface area contributed by atoms with Gasteiger partial charge >= 0.3 is 5.97 Å². The highest BCUT2D eigenvalue weighted by molar-refractivity contribution is 7.93. The third kappa shape index (κ3) is 6.62. The van der Waals surface area contributed by atoms with Crippen LogP contribution in [0, 0.1) is 11.3 Å². The van der Waals surface area contributed by atoms with Crippen molar-refractivity contribution in [1.82, 2.24) is 0 Å². The number of nitrogens with two attached hydrogens (primary N) is 1. The largest absolute Gasteiger partial charge is 0.463 e. The van der Waals surface area contributed by atoms with E-state index in [0.717, 1.165) is 11.1 Å². The highest BCUT2D eigenvalue weighted by Gasteiger charge is 2.31. The van der Waals surface area contributed by atoms with Crippen molar-refractivity contribution < 1.29 is 22.7 Å². The van der Waals surface area contributed by atoms with Crippen LogP contribution in [0.2, 0.25) is 0 Å². The van der Waals surface area contributed by atoms with Crippen LogP contribution in [0.3, 0.4) is 0 Å². The van der Waals surface area contributed by atoms with Crippen molar-refractivity contribution in [3.8, 4) is 0 Å². The molecule has 3 aromatic rings. The smallest absolute Gasteiger partial charge is 0.323 e. The molecule has 0 spiro atoms. The number of amides is 1. The number of benzene rings is 3. The number of hydrogen-bond donors (Lipinski definition) is 3. The van der Waals surface area contributed by atoms with Gasteiger partial charge in [0.25, 0.3) is 10.0 Å². The summed E-state index contributed by atoms with van der Waals surface area (Å²) in [6, 6.07) is 16.3. The molecule has 3 aromatic carbocycles. The van der Waals surface area contributed by atoms with Gasteiger partial charge in [0.05, 0.1) is 10.3 Å². The van der Waals surface area contributed by atoms with E-state index < -0.39 is 27.4 Å². The fourth-order valence-electron chi connectivity index (χ4n) is 3.71. The van der Waals surface area contributed by atoms with Crippen molar-refractivity contribution in [2.24, 2.45) is 17.1 Å². The second kappa shape index (κ2) is 11.4. The van der Waals surface area contributed by atoms with E-state index >= 15 is 0 Å². The minimum absolute atomic E-state index is 0.0773. The molecule has 0 bridgehead atoms. The monoisotopic (exact) mass is 540 g/mol. The van der Waals surface area contributed by atoms with Crippen molar-refractivity contribution in [2.75, 3.05) is 35.6 Å². The molecule has 0 unspecified atom stereocenters. The number of esters is 1. The van der Waals surface area contributed by atoms with Crippen molar-refractivity contribution in [2.45, 2.75) is 38.6 Å². The van der Waals surface area contributed by atoms with Crippen LogP contribution in [0.1, 0.15) is 27.7 Å². The third-order valence-electron chi connectivity index (χ3n) is 6.21. The Labute approximate surface area is 224 Å². The maximum Gasteiger partial charge on any atom is 0.323 e. The lowest BCUT2D eigenvalue weighted by molar-refractivity contribution is -0.150. The minimum atomic E-state index is -3.88. The van der Waals surface area contributed by atoms with Crippen LogP contribution in [0.5, 0.6) is 0 Å². The lowest BCUT2D eigenvalue weighted by atomic mass is 9.93. The maximum absolute atomic E-state index is 13.3. The van der Waals surface area contributed by atoms with E-state index in [2.05, 4.69) is 10.0 Å². The van der Waals surface area contributed by atoms with E-state index in [9.17, 15) is 18.0 Å². The number of fused-ring (bicyclic) bond motifs is 1. The Balaban J connectivity index is 1.71. The summed E-state index contributed by atoms with van der Waals surface area (Å²) in [5, 5.41) is 4.23. The number of carbonyl (C=O) groups is 2. The zero-order chi connectivity index (χ0) is 28.3. The summed E-state index contributed by atoms with van der Waals surface area (Å²) in [5.74, 6) is -0.989. The van der Waals surface area contributed by atoms with Gasteiger partial charge in [0.15, 0.2) is 0 Å². The highest BCUT2D eigenvalue weighted by Crippen LogP contribution is 2.31. The number of carbonyl (C=O) groups excluding carboxylic acids is 2. The first-order chi connectivity index (χ1) is 17.7. The van der Waals surface area contributed by atoms with E-state index in [1.807, 2.05) is 51.0 Å². The molecule has 1 amide bonds. The summed E-state index contributed by atoms with van der Waals surface area (Å²) in [4.78, 5) is 27.0. The van der Waals surface area contributed by atoms with Gasteiger partial charge in [-0.1, -0.05) is 38.1 Å². The quantitative estimate of drug-likeness (QED) is 0.329. The first-order valence-corrected chi connectivity index (χ1v) is 13.8. The van der Waals surface area contributed by atoms with E-state index in [0.29, 0.717) is 16.8 Å². The van der Waals surface area contributed by atoms with E-state index in [-0.39, 0.29) is 23.3 Å². The van der Waals surface area contributed by atoms with Gasteiger partial charge in [0.2, 0.25) is 5.91 Å². The lowest BCUT2D eigenvalue weighted by Crippen LogP contribution is -2.41. The van der Waals surface area contributed by atoms with Gasteiger partial charge in [0.1, 0.15) is 12.6 Å². The first kappa shape index (κ1) is 28.9. The second-order valence-corrected chi connectivity index (χ2v) is 12.1. The first-order valence-electron chi connectivity index (χ1n) is 12.3. The molecule has 0 fully saturated rings. The molecule has 3 rings (SSSR count). The molecule has 0 saturated heterocycles. The summed E-state index contributed by atoms with van der Waals surface area (Å²) in [6.45, 7) is 6.82. The average molecular weight is 541 g/mol. The lowest BCUT2D eigenvalue weighted by Gasteiger charge is -2.24. The Bertz CT molecular complexity index is 1420. The molecule has 0 saturated carbocycles. The number of hydrogen-bond acceptors (Lipinski definition) is 7. The number of nitrogens with one attached hydrogen (secondary N) is 2. The van der Waals surface area contributed by atoms with Crippen LogP contribution in [0.4, 0.5) is 17.1 Å². The fourth-order valence-corrected chi connectivity index (χ4v) is 4.99. The molecule has 0 aromatic heterocycles. The van der Waals surface area contributed by atoms with E-state index in [1.54, 1.807) is 56.3 Å². The average Bonchev–Trinajstić information content (AvgIpc) is 2.86. The van der Waals surface area contributed by atoms with Crippen LogP contribution in [0.15, 0.2) is 65.6 Å². The maximum atomic E-state index is 13.3. The Morgan fingerprint density at radius 2 is 1.53 bits per heavy atom. The Morgan fingerprint density at radius 3 is 2.13 bits per heavy atom. The van der Waals surface area contributed by atoms with Crippen LogP contribution >= 0.6 is 0 Å². The van der Waals surface area contributed by atoms with Gasteiger partial charge in [-0.25, -0.2) is 8.42 Å². The van der Waals surface area contributed by atoms with Gasteiger partial charge in [0, 0.05) is 41.9 Å². The molecule has 10 heteroatoms. The zero-order valence-electron chi connectivity index (χ0n) is 22.6. The molecule has 4 N–H and O–H groups in total. The molecule has 0 radical (unpaired) electrons. The number of ether oxygens (including phenoxy) is 1. The Morgan fingerprint density at radius 1 is 0.947 bits per heavy atom. The van der Waals surface area contributed by atoms with Gasteiger partial charge in [-0.2, -0.15) is 0 Å². The van der Waals surface area contributed by atoms with Crippen LogP contribution in [-0.2, 0) is 24.3 Å².